The summed E-state index contributed by atoms with van der Waals surface area (Å²) in [7, 11) is 0. The largest absolute Gasteiger partial charge is 0.387 e. The maximum atomic E-state index is 13.4. The molecule has 1 heterocycles. The summed E-state index contributed by atoms with van der Waals surface area (Å²) < 4.78 is 26.6. The summed E-state index contributed by atoms with van der Waals surface area (Å²) in [6.45, 7) is 0. The van der Waals surface area contributed by atoms with Gasteiger partial charge in [0.15, 0.2) is 0 Å². The average Bonchev–Trinajstić information content (AvgIpc) is 2.69. The van der Waals surface area contributed by atoms with E-state index in [0.717, 1.165) is 6.07 Å². The molecule has 0 amide bonds. The first-order valence-corrected chi connectivity index (χ1v) is 6.13. The molecule has 2 rings (SSSR count). The number of aliphatic hydroxyl groups is 1. The molecule has 1 aromatic carbocycles. The van der Waals surface area contributed by atoms with Crippen molar-refractivity contribution < 1.29 is 13.9 Å². The number of benzene rings is 1. The normalized spacial score (nSPS) is 12.7. The average molecular weight is 275 g/mol. The van der Waals surface area contributed by atoms with E-state index in [1.54, 1.807) is 12.1 Å². The minimum Gasteiger partial charge on any atom is -0.387 e. The van der Waals surface area contributed by atoms with Crippen LogP contribution in [0.25, 0.3) is 0 Å². The number of hydrogen-bond acceptors (Lipinski definition) is 2. The Balaban J connectivity index is 2.15. The number of halogens is 3. The molecule has 5 heteroatoms. The minimum absolute atomic E-state index is 0.100. The van der Waals surface area contributed by atoms with E-state index < -0.39 is 17.7 Å². The quantitative estimate of drug-likeness (QED) is 0.898. The molecule has 0 radical (unpaired) electrons. The van der Waals surface area contributed by atoms with Crippen LogP contribution in [0.1, 0.15) is 16.5 Å². The molecule has 17 heavy (non-hydrogen) atoms. The Kier molecular flexibility index (Phi) is 3.76. The van der Waals surface area contributed by atoms with Gasteiger partial charge in [-0.25, -0.2) is 8.78 Å². The molecule has 0 bridgehead atoms. The fourth-order valence-corrected chi connectivity index (χ4v) is 2.55. The second-order valence-electron chi connectivity index (χ2n) is 3.60. The van der Waals surface area contributed by atoms with Gasteiger partial charge in [0, 0.05) is 17.4 Å². The van der Waals surface area contributed by atoms with Crippen molar-refractivity contribution in [3.8, 4) is 0 Å². The van der Waals surface area contributed by atoms with Gasteiger partial charge in [0.25, 0.3) is 0 Å². The highest BCUT2D eigenvalue weighted by Crippen LogP contribution is 2.29. The smallest absolute Gasteiger partial charge is 0.129 e. The molecule has 1 N–H and O–H groups in total. The summed E-state index contributed by atoms with van der Waals surface area (Å²) in [4.78, 5) is 0.665. The van der Waals surface area contributed by atoms with Crippen molar-refractivity contribution in [2.24, 2.45) is 0 Å². The maximum absolute atomic E-state index is 13.4. The Labute approximate surface area is 106 Å². The van der Waals surface area contributed by atoms with Gasteiger partial charge in [-0.1, -0.05) is 17.7 Å². The van der Waals surface area contributed by atoms with Gasteiger partial charge in [-0.15, -0.1) is 11.3 Å². The predicted octanol–water partition coefficient (Wildman–Crippen LogP) is 3.96. The zero-order chi connectivity index (χ0) is 12.4. The van der Waals surface area contributed by atoms with Gasteiger partial charge < -0.3 is 5.11 Å². The highest BCUT2D eigenvalue weighted by atomic mass is 35.5. The van der Waals surface area contributed by atoms with E-state index in [1.807, 2.05) is 0 Å². The SMILES string of the molecule is OC(Cc1ccc(F)cc1F)c1ccc(Cl)s1. The number of rotatable bonds is 3. The number of hydrogen-bond donors (Lipinski definition) is 1. The van der Waals surface area contributed by atoms with Crippen LogP contribution in [-0.2, 0) is 6.42 Å². The standard InChI is InChI=1S/C12H9ClF2OS/c13-12-4-3-11(17-12)10(16)5-7-1-2-8(14)6-9(7)15/h1-4,6,10,16H,5H2. The highest BCUT2D eigenvalue weighted by molar-refractivity contribution is 7.16. The van der Waals surface area contributed by atoms with Gasteiger partial charge in [0.05, 0.1) is 10.4 Å². The third-order valence-electron chi connectivity index (χ3n) is 2.35. The summed E-state index contributed by atoms with van der Waals surface area (Å²) in [6.07, 6.45) is -0.726. The molecule has 1 unspecified atom stereocenters. The van der Waals surface area contributed by atoms with Crippen molar-refractivity contribution in [3.05, 3.63) is 56.7 Å². The zero-order valence-corrected chi connectivity index (χ0v) is 10.2. The van der Waals surface area contributed by atoms with Crippen molar-refractivity contribution in [2.45, 2.75) is 12.5 Å². The molecule has 0 spiro atoms. The second-order valence-corrected chi connectivity index (χ2v) is 5.34. The van der Waals surface area contributed by atoms with Crippen molar-refractivity contribution >= 4 is 22.9 Å². The first kappa shape index (κ1) is 12.5. The molecule has 0 aliphatic rings. The molecule has 90 valence electrons. The fourth-order valence-electron chi connectivity index (χ4n) is 1.50. The lowest BCUT2D eigenvalue weighted by molar-refractivity contribution is 0.181. The lowest BCUT2D eigenvalue weighted by atomic mass is 10.1. The van der Waals surface area contributed by atoms with Gasteiger partial charge in [-0.2, -0.15) is 0 Å². The van der Waals surface area contributed by atoms with E-state index >= 15 is 0 Å². The molecule has 0 saturated heterocycles. The summed E-state index contributed by atoms with van der Waals surface area (Å²) in [5.41, 5.74) is 0.281. The predicted molar refractivity (Wildman–Crippen MR) is 64.4 cm³/mol. The lowest BCUT2D eigenvalue weighted by Gasteiger charge is -2.09. The summed E-state index contributed by atoms with van der Waals surface area (Å²) in [5, 5.41) is 9.87. The van der Waals surface area contributed by atoms with Crippen LogP contribution in [0.5, 0.6) is 0 Å². The second kappa shape index (κ2) is 5.12. The number of aliphatic hydroxyl groups excluding tert-OH is 1. The van der Waals surface area contributed by atoms with Crippen molar-refractivity contribution in [1.29, 1.82) is 0 Å². The van der Waals surface area contributed by atoms with Gasteiger partial charge in [0.2, 0.25) is 0 Å². The minimum atomic E-state index is -0.826. The molecule has 1 atom stereocenters. The Hall–Kier alpha value is -0.970. The van der Waals surface area contributed by atoms with Crippen LogP contribution in [0.4, 0.5) is 8.78 Å². The topological polar surface area (TPSA) is 20.2 Å². The van der Waals surface area contributed by atoms with E-state index in [0.29, 0.717) is 9.21 Å². The molecule has 1 nitrogen and oxygen atoms in total. The van der Waals surface area contributed by atoms with Gasteiger partial charge in [0.1, 0.15) is 11.6 Å². The first-order valence-electron chi connectivity index (χ1n) is 4.93. The molecule has 0 aliphatic carbocycles. The Morgan fingerprint density at radius 2 is 2.00 bits per heavy atom. The van der Waals surface area contributed by atoms with Crippen molar-refractivity contribution in [2.75, 3.05) is 0 Å². The van der Waals surface area contributed by atoms with Crippen LogP contribution in [0.2, 0.25) is 4.34 Å². The number of thiophene rings is 1. The Morgan fingerprint density at radius 3 is 2.59 bits per heavy atom. The zero-order valence-electron chi connectivity index (χ0n) is 8.66. The van der Waals surface area contributed by atoms with Crippen LogP contribution < -0.4 is 0 Å². The molecule has 0 saturated carbocycles. The van der Waals surface area contributed by atoms with Crippen LogP contribution >= 0.6 is 22.9 Å². The molecular weight excluding hydrogens is 266 g/mol. The third kappa shape index (κ3) is 3.03. The molecule has 0 aliphatic heterocycles. The third-order valence-corrected chi connectivity index (χ3v) is 3.68. The highest BCUT2D eigenvalue weighted by Gasteiger charge is 2.14. The summed E-state index contributed by atoms with van der Waals surface area (Å²) in [6, 6.07) is 6.68. The fraction of sp³-hybridized carbons (Fsp3) is 0.167. The molecular formula is C12H9ClF2OS. The van der Waals surface area contributed by atoms with E-state index in [-0.39, 0.29) is 12.0 Å². The van der Waals surface area contributed by atoms with Crippen LogP contribution in [0.3, 0.4) is 0 Å². The lowest BCUT2D eigenvalue weighted by Crippen LogP contribution is -2.02. The van der Waals surface area contributed by atoms with E-state index in [4.69, 9.17) is 11.6 Å². The summed E-state index contributed by atoms with van der Waals surface area (Å²) >= 11 is 6.99. The Morgan fingerprint density at radius 1 is 1.24 bits per heavy atom. The van der Waals surface area contributed by atoms with Gasteiger partial charge in [-0.05, 0) is 23.8 Å². The molecule has 0 fully saturated rings. The van der Waals surface area contributed by atoms with E-state index in [2.05, 4.69) is 0 Å². The molecule has 1 aromatic heterocycles. The summed E-state index contributed by atoms with van der Waals surface area (Å²) in [5.74, 6) is -1.27. The maximum Gasteiger partial charge on any atom is 0.129 e. The Bertz CT molecular complexity index is 527. The van der Waals surface area contributed by atoms with Crippen LogP contribution in [0, 0.1) is 11.6 Å². The van der Waals surface area contributed by atoms with Crippen LogP contribution in [0.15, 0.2) is 30.3 Å². The van der Waals surface area contributed by atoms with Gasteiger partial charge in [-0.3, -0.25) is 0 Å². The van der Waals surface area contributed by atoms with Crippen LogP contribution in [-0.4, -0.2) is 5.11 Å². The molecule has 2 aromatic rings. The van der Waals surface area contributed by atoms with E-state index in [9.17, 15) is 13.9 Å². The van der Waals surface area contributed by atoms with Crippen molar-refractivity contribution in [3.63, 3.8) is 0 Å². The van der Waals surface area contributed by atoms with Gasteiger partial charge >= 0.3 is 0 Å². The first-order chi connectivity index (χ1) is 8.06. The monoisotopic (exact) mass is 274 g/mol. The van der Waals surface area contributed by atoms with Crippen molar-refractivity contribution in [1.82, 2.24) is 0 Å². The van der Waals surface area contributed by atoms with E-state index in [1.165, 1.54) is 23.5 Å².